The zero-order valence-electron chi connectivity index (χ0n) is 20.6. The Morgan fingerprint density at radius 1 is 0.972 bits per heavy atom. The standard InChI is InChI=1S/C29H29F5N2/c1-16-13-21(30)11-12-24(16)36-27(29(5,33)34)23-15-20(28(4,31)32)14-22-18(3)35-26(17(2)25(22)23)19-9-7-6-8-10-19/h6-15,17,26-27,35-36H,3H2,1-2,4-5H3. The van der Waals surface area contributed by atoms with E-state index in [-0.39, 0.29) is 23.1 Å². The Balaban J connectivity index is 1.94. The highest BCUT2D eigenvalue weighted by Crippen LogP contribution is 2.48. The van der Waals surface area contributed by atoms with Gasteiger partial charge in [-0.25, -0.2) is 22.0 Å². The van der Waals surface area contributed by atoms with Gasteiger partial charge in [0, 0.05) is 42.3 Å². The molecule has 0 radical (unpaired) electrons. The van der Waals surface area contributed by atoms with E-state index < -0.39 is 23.7 Å². The lowest BCUT2D eigenvalue weighted by Gasteiger charge is -2.39. The molecule has 0 aliphatic carbocycles. The van der Waals surface area contributed by atoms with E-state index in [0.29, 0.717) is 28.1 Å². The zero-order valence-corrected chi connectivity index (χ0v) is 20.6. The summed E-state index contributed by atoms with van der Waals surface area (Å²) in [4.78, 5) is 0. The number of anilines is 1. The number of hydrogen-bond donors (Lipinski definition) is 2. The van der Waals surface area contributed by atoms with Crippen LogP contribution in [0.15, 0.2) is 67.2 Å². The van der Waals surface area contributed by atoms with Crippen molar-refractivity contribution in [2.45, 2.75) is 57.5 Å². The van der Waals surface area contributed by atoms with Gasteiger partial charge in [-0.2, -0.15) is 0 Å². The molecule has 36 heavy (non-hydrogen) atoms. The third-order valence-corrected chi connectivity index (χ3v) is 6.79. The molecule has 0 amide bonds. The molecular weight excluding hydrogens is 471 g/mol. The van der Waals surface area contributed by atoms with Crippen molar-refractivity contribution < 1.29 is 22.0 Å². The molecule has 2 N–H and O–H groups in total. The van der Waals surface area contributed by atoms with Crippen LogP contribution in [0, 0.1) is 12.7 Å². The lowest BCUT2D eigenvalue weighted by molar-refractivity contribution is -0.000818. The van der Waals surface area contributed by atoms with E-state index >= 15 is 8.78 Å². The van der Waals surface area contributed by atoms with Gasteiger partial charge in [0.05, 0.1) is 6.04 Å². The third kappa shape index (κ3) is 4.97. The monoisotopic (exact) mass is 500 g/mol. The Morgan fingerprint density at radius 2 is 1.64 bits per heavy atom. The second kappa shape index (κ2) is 9.26. The lowest BCUT2D eigenvalue weighted by atomic mass is 9.76. The predicted octanol–water partition coefficient (Wildman–Crippen LogP) is 8.47. The number of fused-ring (bicyclic) bond motifs is 1. The highest BCUT2D eigenvalue weighted by atomic mass is 19.3. The molecule has 0 fully saturated rings. The van der Waals surface area contributed by atoms with Crippen molar-refractivity contribution in [3.8, 4) is 0 Å². The molecule has 3 aromatic carbocycles. The van der Waals surface area contributed by atoms with Gasteiger partial charge >= 0.3 is 0 Å². The topological polar surface area (TPSA) is 24.1 Å². The minimum Gasteiger partial charge on any atom is -0.378 e. The van der Waals surface area contributed by atoms with Crippen LogP contribution in [0.4, 0.5) is 27.6 Å². The average Bonchev–Trinajstić information content (AvgIpc) is 2.79. The first-order valence-electron chi connectivity index (χ1n) is 11.7. The summed E-state index contributed by atoms with van der Waals surface area (Å²) in [6, 6.07) is 13.8. The largest absolute Gasteiger partial charge is 0.378 e. The second-order valence-electron chi connectivity index (χ2n) is 9.71. The lowest BCUT2D eigenvalue weighted by Crippen LogP contribution is -2.35. The predicted molar refractivity (Wildman–Crippen MR) is 134 cm³/mol. The number of hydrogen-bond acceptors (Lipinski definition) is 2. The number of aryl methyl sites for hydroxylation is 1. The fourth-order valence-electron chi connectivity index (χ4n) is 4.94. The first-order valence-corrected chi connectivity index (χ1v) is 11.7. The van der Waals surface area contributed by atoms with E-state index in [9.17, 15) is 13.2 Å². The number of benzene rings is 3. The van der Waals surface area contributed by atoms with Crippen LogP contribution in [0.2, 0.25) is 0 Å². The number of halogens is 5. The molecule has 3 unspecified atom stereocenters. The van der Waals surface area contributed by atoms with Crippen LogP contribution in [0.25, 0.3) is 5.70 Å². The molecule has 2 nitrogen and oxygen atoms in total. The Hall–Kier alpha value is -3.35. The van der Waals surface area contributed by atoms with Gasteiger partial charge in [-0.05, 0) is 59.5 Å². The van der Waals surface area contributed by atoms with Crippen molar-refractivity contribution in [3.63, 3.8) is 0 Å². The maximum Gasteiger partial charge on any atom is 0.270 e. The molecule has 3 atom stereocenters. The van der Waals surface area contributed by atoms with Crippen LogP contribution >= 0.6 is 0 Å². The minimum absolute atomic E-state index is 0.0660. The van der Waals surface area contributed by atoms with Gasteiger partial charge < -0.3 is 10.6 Å². The highest BCUT2D eigenvalue weighted by molar-refractivity contribution is 5.72. The zero-order chi connectivity index (χ0) is 26.4. The molecule has 0 aromatic heterocycles. The van der Waals surface area contributed by atoms with Gasteiger partial charge in [-0.1, -0.05) is 43.8 Å². The summed E-state index contributed by atoms with van der Waals surface area (Å²) in [5.41, 5.74) is 2.64. The van der Waals surface area contributed by atoms with Gasteiger partial charge in [0.25, 0.3) is 11.8 Å². The van der Waals surface area contributed by atoms with E-state index in [1.54, 1.807) is 6.92 Å². The molecule has 0 saturated heterocycles. The molecule has 0 bridgehead atoms. The van der Waals surface area contributed by atoms with Crippen molar-refractivity contribution in [2.75, 3.05) is 5.32 Å². The van der Waals surface area contributed by atoms with E-state index in [4.69, 9.17) is 0 Å². The van der Waals surface area contributed by atoms with Crippen LogP contribution in [0.5, 0.6) is 0 Å². The number of nitrogens with one attached hydrogen (secondary N) is 2. The molecule has 190 valence electrons. The molecule has 1 heterocycles. The summed E-state index contributed by atoms with van der Waals surface area (Å²) in [6.45, 7) is 9.03. The summed E-state index contributed by atoms with van der Waals surface area (Å²) in [6.07, 6.45) is 0. The summed E-state index contributed by atoms with van der Waals surface area (Å²) in [7, 11) is 0. The fraction of sp³-hybridized carbons (Fsp3) is 0.310. The smallest absolute Gasteiger partial charge is 0.270 e. The maximum absolute atomic E-state index is 15.2. The fourth-order valence-corrected chi connectivity index (χ4v) is 4.94. The molecule has 7 heteroatoms. The number of rotatable bonds is 6. The normalized spacial score (nSPS) is 18.9. The minimum atomic E-state index is -3.34. The van der Waals surface area contributed by atoms with Crippen LogP contribution < -0.4 is 10.6 Å². The maximum atomic E-state index is 15.2. The summed E-state index contributed by atoms with van der Waals surface area (Å²) >= 11 is 0. The van der Waals surface area contributed by atoms with Gasteiger partial charge in [-0.3, -0.25) is 0 Å². The summed E-state index contributed by atoms with van der Waals surface area (Å²) in [5.74, 6) is -7.44. The molecule has 4 rings (SSSR count). The van der Waals surface area contributed by atoms with Gasteiger partial charge in [0.2, 0.25) is 0 Å². The molecule has 0 saturated carbocycles. The molecule has 0 spiro atoms. The van der Waals surface area contributed by atoms with Crippen molar-refractivity contribution in [1.82, 2.24) is 5.32 Å². The SMILES string of the molecule is C=C1NC(c2ccccc2)C(C)c2c1cc(C(C)(F)F)cc2C(Nc1ccc(F)cc1C)C(C)(F)F. The Bertz CT molecular complexity index is 1280. The van der Waals surface area contributed by atoms with E-state index in [1.807, 2.05) is 37.3 Å². The van der Waals surface area contributed by atoms with Crippen molar-refractivity contribution in [3.05, 3.63) is 106 Å². The molecule has 3 aromatic rings. The van der Waals surface area contributed by atoms with E-state index in [0.717, 1.165) is 19.4 Å². The Morgan fingerprint density at radius 3 is 2.22 bits per heavy atom. The first kappa shape index (κ1) is 25.7. The van der Waals surface area contributed by atoms with E-state index in [1.165, 1.54) is 30.3 Å². The Kier molecular flexibility index (Phi) is 6.62. The molecule has 1 aliphatic heterocycles. The van der Waals surface area contributed by atoms with Crippen LogP contribution in [-0.4, -0.2) is 5.92 Å². The third-order valence-electron chi connectivity index (χ3n) is 6.79. The summed E-state index contributed by atoms with van der Waals surface area (Å²) in [5, 5.41) is 6.14. The van der Waals surface area contributed by atoms with Gasteiger partial charge in [0.15, 0.2) is 0 Å². The first-order chi connectivity index (χ1) is 16.8. The van der Waals surface area contributed by atoms with Crippen LogP contribution in [-0.2, 0) is 5.92 Å². The second-order valence-corrected chi connectivity index (χ2v) is 9.71. The van der Waals surface area contributed by atoms with Crippen molar-refractivity contribution in [1.29, 1.82) is 0 Å². The number of alkyl halides is 4. The van der Waals surface area contributed by atoms with Gasteiger partial charge in [0.1, 0.15) is 11.9 Å². The Labute approximate surface area is 208 Å². The van der Waals surface area contributed by atoms with Crippen molar-refractivity contribution in [2.24, 2.45) is 0 Å². The van der Waals surface area contributed by atoms with Crippen molar-refractivity contribution >= 4 is 11.4 Å². The van der Waals surface area contributed by atoms with Crippen LogP contribution in [0.3, 0.4) is 0 Å². The summed E-state index contributed by atoms with van der Waals surface area (Å²) < 4.78 is 73.3. The van der Waals surface area contributed by atoms with E-state index in [2.05, 4.69) is 17.2 Å². The van der Waals surface area contributed by atoms with Gasteiger partial charge in [-0.15, -0.1) is 0 Å². The quantitative estimate of drug-likeness (QED) is 0.332. The molecule has 1 aliphatic rings. The highest BCUT2D eigenvalue weighted by Gasteiger charge is 2.42. The molecular formula is C29H29F5N2. The van der Waals surface area contributed by atoms with Crippen LogP contribution in [0.1, 0.15) is 72.2 Å². The average molecular weight is 501 g/mol.